The first kappa shape index (κ1) is 14.2. The molecule has 0 aliphatic carbocycles. The molecule has 3 aromatic rings. The van der Waals surface area contributed by atoms with Crippen molar-refractivity contribution >= 4 is 21.4 Å². The lowest BCUT2D eigenvalue weighted by Crippen LogP contribution is -2.23. The van der Waals surface area contributed by atoms with E-state index in [2.05, 4.69) is 41.9 Å². The van der Waals surface area contributed by atoms with E-state index < -0.39 is 0 Å². The molecule has 1 unspecified atom stereocenters. The van der Waals surface area contributed by atoms with E-state index in [9.17, 15) is 4.39 Å². The minimum atomic E-state index is -0.169. The highest BCUT2D eigenvalue weighted by Crippen LogP contribution is 2.30. The second kappa shape index (κ2) is 6.37. The minimum absolute atomic E-state index is 0.169. The van der Waals surface area contributed by atoms with Gasteiger partial charge in [-0.05, 0) is 53.1 Å². The quantitative estimate of drug-likeness (QED) is 0.704. The van der Waals surface area contributed by atoms with Crippen molar-refractivity contribution in [2.75, 3.05) is 6.54 Å². The Morgan fingerprint density at radius 1 is 1.14 bits per heavy atom. The molecule has 21 heavy (non-hydrogen) atoms. The third kappa shape index (κ3) is 3.14. The Kier molecular flexibility index (Phi) is 4.32. The van der Waals surface area contributed by atoms with E-state index in [4.69, 9.17) is 0 Å². The van der Waals surface area contributed by atoms with E-state index in [0.29, 0.717) is 0 Å². The smallest absolute Gasteiger partial charge is 0.123 e. The first-order chi connectivity index (χ1) is 10.3. The molecule has 0 fully saturated rings. The Bertz CT molecular complexity index is 735. The molecular formula is C18H18FNS. The van der Waals surface area contributed by atoms with E-state index in [1.165, 1.54) is 21.7 Å². The van der Waals surface area contributed by atoms with Gasteiger partial charge in [0.05, 0.1) is 0 Å². The van der Waals surface area contributed by atoms with Crippen LogP contribution in [0.2, 0.25) is 0 Å². The van der Waals surface area contributed by atoms with Crippen LogP contribution in [-0.4, -0.2) is 6.54 Å². The van der Waals surface area contributed by atoms with Gasteiger partial charge in [-0.1, -0.05) is 37.3 Å². The van der Waals surface area contributed by atoms with Crippen LogP contribution in [0.15, 0.2) is 53.9 Å². The Hall–Kier alpha value is -1.71. The molecule has 1 heterocycles. The van der Waals surface area contributed by atoms with Crippen molar-refractivity contribution in [3.8, 4) is 0 Å². The molecule has 1 N–H and O–H groups in total. The zero-order chi connectivity index (χ0) is 14.7. The lowest BCUT2D eigenvalue weighted by atomic mass is 9.98. The average Bonchev–Trinajstić information content (AvgIpc) is 2.95. The molecule has 3 rings (SSSR count). The summed E-state index contributed by atoms with van der Waals surface area (Å²) in [5, 5.41) is 6.93. The van der Waals surface area contributed by atoms with E-state index in [-0.39, 0.29) is 11.9 Å². The molecule has 0 saturated heterocycles. The molecular weight excluding hydrogens is 281 g/mol. The molecule has 1 aromatic heterocycles. The summed E-state index contributed by atoms with van der Waals surface area (Å²) in [7, 11) is 0. The highest BCUT2D eigenvalue weighted by molar-refractivity contribution is 7.17. The van der Waals surface area contributed by atoms with Crippen molar-refractivity contribution in [3.63, 3.8) is 0 Å². The molecule has 0 aliphatic heterocycles. The van der Waals surface area contributed by atoms with E-state index in [1.54, 1.807) is 23.5 Å². The highest BCUT2D eigenvalue weighted by Gasteiger charge is 2.15. The summed E-state index contributed by atoms with van der Waals surface area (Å²) in [4.78, 5) is 0. The van der Waals surface area contributed by atoms with Crippen LogP contribution in [0.1, 0.15) is 24.1 Å². The second-order valence-corrected chi connectivity index (χ2v) is 6.05. The summed E-state index contributed by atoms with van der Waals surface area (Å²) < 4.78 is 14.7. The SMILES string of the molecule is CCNC(Cc1cccc(F)c1)c1cccc2ccsc12. The molecule has 1 nitrogen and oxygen atoms in total. The minimum Gasteiger partial charge on any atom is -0.310 e. The van der Waals surface area contributed by atoms with Crippen molar-refractivity contribution in [3.05, 3.63) is 70.9 Å². The number of hydrogen-bond acceptors (Lipinski definition) is 2. The van der Waals surface area contributed by atoms with Gasteiger partial charge in [0.15, 0.2) is 0 Å². The fourth-order valence-electron chi connectivity index (χ4n) is 2.73. The predicted octanol–water partition coefficient (Wildman–Crippen LogP) is 4.93. The maximum Gasteiger partial charge on any atom is 0.123 e. The highest BCUT2D eigenvalue weighted by atomic mass is 32.1. The van der Waals surface area contributed by atoms with Gasteiger partial charge in [-0.25, -0.2) is 4.39 Å². The van der Waals surface area contributed by atoms with Crippen LogP contribution in [0.3, 0.4) is 0 Å². The first-order valence-corrected chi connectivity index (χ1v) is 8.10. The lowest BCUT2D eigenvalue weighted by molar-refractivity contribution is 0.550. The summed E-state index contributed by atoms with van der Waals surface area (Å²) in [6, 6.07) is 15.6. The van der Waals surface area contributed by atoms with Crippen molar-refractivity contribution in [1.29, 1.82) is 0 Å². The van der Waals surface area contributed by atoms with Gasteiger partial charge in [0.2, 0.25) is 0 Å². The monoisotopic (exact) mass is 299 g/mol. The fraction of sp³-hybridized carbons (Fsp3) is 0.222. The zero-order valence-corrected chi connectivity index (χ0v) is 12.8. The lowest BCUT2D eigenvalue weighted by Gasteiger charge is -2.19. The van der Waals surface area contributed by atoms with Crippen LogP contribution in [0, 0.1) is 5.82 Å². The predicted molar refractivity (Wildman–Crippen MR) is 88.3 cm³/mol. The standard InChI is InChI=1S/C18H18FNS/c1-2-20-17(12-13-5-3-7-15(19)11-13)16-8-4-6-14-9-10-21-18(14)16/h3-11,17,20H,2,12H2,1H3. The maximum atomic E-state index is 13.4. The van der Waals surface area contributed by atoms with Crippen LogP contribution in [-0.2, 0) is 6.42 Å². The van der Waals surface area contributed by atoms with E-state index in [0.717, 1.165) is 18.5 Å². The third-order valence-corrected chi connectivity index (χ3v) is 4.64. The molecule has 0 radical (unpaired) electrons. The van der Waals surface area contributed by atoms with Crippen LogP contribution in [0.4, 0.5) is 4.39 Å². The van der Waals surface area contributed by atoms with Crippen molar-refractivity contribution in [1.82, 2.24) is 5.32 Å². The van der Waals surface area contributed by atoms with Gasteiger partial charge >= 0.3 is 0 Å². The molecule has 108 valence electrons. The Morgan fingerprint density at radius 3 is 2.81 bits per heavy atom. The summed E-state index contributed by atoms with van der Waals surface area (Å²) in [5.41, 5.74) is 2.32. The summed E-state index contributed by atoms with van der Waals surface area (Å²) in [6.07, 6.45) is 0.794. The molecule has 0 spiro atoms. The number of rotatable bonds is 5. The molecule has 0 bridgehead atoms. The van der Waals surface area contributed by atoms with Gasteiger partial charge in [0.1, 0.15) is 5.82 Å². The second-order valence-electron chi connectivity index (χ2n) is 5.13. The van der Waals surface area contributed by atoms with Crippen molar-refractivity contribution in [2.24, 2.45) is 0 Å². The molecule has 3 heteroatoms. The topological polar surface area (TPSA) is 12.0 Å². The molecule has 0 saturated carbocycles. The average molecular weight is 299 g/mol. The number of nitrogens with one attached hydrogen (secondary N) is 1. The van der Waals surface area contributed by atoms with Gasteiger partial charge in [-0.2, -0.15) is 0 Å². The zero-order valence-electron chi connectivity index (χ0n) is 12.0. The van der Waals surface area contributed by atoms with Gasteiger partial charge in [-0.3, -0.25) is 0 Å². The number of halogens is 1. The fourth-order valence-corrected chi connectivity index (χ4v) is 3.70. The Labute approximate surface area is 128 Å². The van der Waals surface area contributed by atoms with Crippen LogP contribution >= 0.6 is 11.3 Å². The molecule has 2 aromatic carbocycles. The number of fused-ring (bicyclic) bond motifs is 1. The molecule has 1 atom stereocenters. The Balaban J connectivity index is 1.96. The normalized spacial score (nSPS) is 12.7. The summed E-state index contributed by atoms with van der Waals surface area (Å²) in [6.45, 7) is 2.99. The summed E-state index contributed by atoms with van der Waals surface area (Å²) >= 11 is 1.77. The van der Waals surface area contributed by atoms with E-state index >= 15 is 0 Å². The van der Waals surface area contributed by atoms with Crippen LogP contribution < -0.4 is 5.32 Å². The number of likely N-dealkylation sites (N-methyl/N-ethyl adjacent to an activating group) is 1. The number of thiophene rings is 1. The summed E-state index contributed by atoms with van der Waals surface area (Å²) in [5.74, 6) is -0.169. The number of benzene rings is 2. The van der Waals surface area contributed by atoms with Crippen molar-refractivity contribution in [2.45, 2.75) is 19.4 Å². The van der Waals surface area contributed by atoms with Gasteiger partial charge in [-0.15, -0.1) is 11.3 Å². The van der Waals surface area contributed by atoms with Crippen LogP contribution in [0.5, 0.6) is 0 Å². The maximum absolute atomic E-state index is 13.4. The largest absolute Gasteiger partial charge is 0.310 e. The van der Waals surface area contributed by atoms with E-state index in [1.807, 2.05) is 6.07 Å². The van der Waals surface area contributed by atoms with Gasteiger partial charge in [0.25, 0.3) is 0 Å². The molecule has 0 aliphatic rings. The third-order valence-electron chi connectivity index (χ3n) is 3.66. The van der Waals surface area contributed by atoms with Gasteiger partial charge < -0.3 is 5.32 Å². The van der Waals surface area contributed by atoms with Gasteiger partial charge in [0, 0.05) is 10.7 Å². The van der Waals surface area contributed by atoms with Crippen LogP contribution in [0.25, 0.3) is 10.1 Å². The molecule has 0 amide bonds. The van der Waals surface area contributed by atoms with Crippen molar-refractivity contribution < 1.29 is 4.39 Å². The number of hydrogen-bond donors (Lipinski definition) is 1. The Morgan fingerprint density at radius 2 is 2.00 bits per heavy atom. The first-order valence-electron chi connectivity index (χ1n) is 7.22.